The first-order valence-corrected chi connectivity index (χ1v) is 4.41. The average molecular weight is 194 g/mol. The SMILES string of the molecule is CNC(=O)CCOc1ccc(N)cc1. The molecule has 0 heterocycles. The van der Waals surface area contributed by atoms with Gasteiger partial charge in [-0.15, -0.1) is 0 Å². The van der Waals surface area contributed by atoms with E-state index in [1.54, 1.807) is 31.3 Å². The molecule has 0 aliphatic heterocycles. The number of ether oxygens (including phenoxy) is 1. The van der Waals surface area contributed by atoms with Crippen LogP contribution in [-0.4, -0.2) is 19.6 Å². The van der Waals surface area contributed by atoms with Gasteiger partial charge in [-0.05, 0) is 24.3 Å². The van der Waals surface area contributed by atoms with Crippen molar-refractivity contribution in [1.29, 1.82) is 0 Å². The van der Waals surface area contributed by atoms with Crippen LogP contribution in [0.5, 0.6) is 5.75 Å². The third-order valence-electron chi connectivity index (χ3n) is 1.76. The Morgan fingerprint density at radius 3 is 2.64 bits per heavy atom. The second-order valence-corrected chi connectivity index (χ2v) is 2.84. The van der Waals surface area contributed by atoms with Crippen LogP contribution in [0.25, 0.3) is 0 Å². The summed E-state index contributed by atoms with van der Waals surface area (Å²) in [5.41, 5.74) is 6.20. The largest absolute Gasteiger partial charge is 0.493 e. The third kappa shape index (κ3) is 3.35. The van der Waals surface area contributed by atoms with Crippen LogP contribution in [0, 0.1) is 0 Å². The van der Waals surface area contributed by atoms with Gasteiger partial charge in [0.2, 0.25) is 5.91 Å². The minimum atomic E-state index is -0.0274. The van der Waals surface area contributed by atoms with Gasteiger partial charge in [-0.1, -0.05) is 0 Å². The fraction of sp³-hybridized carbons (Fsp3) is 0.300. The lowest BCUT2D eigenvalue weighted by atomic mass is 10.3. The molecule has 0 bridgehead atoms. The van der Waals surface area contributed by atoms with Gasteiger partial charge in [-0.2, -0.15) is 0 Å². The first kappa shape index (κ1) is 10.4. The molecule has 0 unspecified atom stereocenters. The highest BCUT2D eigenvalue weighted by Gasteiger charge is 1.98. The van der Waals surface area contributed by atoms with Crippen molar-refractivity contribution in [2.45, 2.75) is 6.42 Å². The number of nitrogens with one attached hydrogen (secondary N) is 1. The van der Waals surface area contributed by atoms with E-state index in [1.807, 2.05) is 0 Å². The number of benzene rings is 1. The Balaban J connectivity index is 2.31. The lowest BCUT2D eigenvalue weighted by Crippen LogP contribution is -2.20. The molecule has 0 saturated heterocycles. The smallest absolute Gasteiger partial charge is 0.223 e. The van der Waals surface area contributed by atoms with E-state index in [9.17, 15) is 4.79 Å². The highest BCUT2D eigenvalue weighted by Crippen LogP contribution is 2.12. The minimum absolute atomic E-state index is 0.0274. The molecule has 3 N–H and O–H groups in total. The topological polar surface area (TPSA) is 64.3 Å². The van der Waals surface area contributed by atoms with Gasteiger partial charge in [0.25, 0.3) is 0 Å². The molecule has 1 aromatic carbocycles. The zero-order valence-electron chi connectivity index (χ0n) is 8.12. The van der Waals surface area contributed by atoms with Gasteiger partial charge < -0.3 is 15.8 Å². The van der Waals surface area contributed by atoms with Crippen LogP contribution in [0.2, 0.25) is 0 Å². The summed E-state index contributed by atoms with van der Waals surface area (Å²) < 4.78 is 5.32. The van der Waals surface area contributed by atoms with Crippen LogP contribution in [0.1, 0.15) is 6.42 Å². The molecule has 0 aromatic heterocycles. The maximum absolute atomic E-state index is 10.8. The van der Waals surface area contributed by atoms with E-state index in [2.05, 4.69) is 5.32 Å². The Morgan fingerprint density at radius 1 is 1.43 bits per heavy atom. The highest BCUT2D eigenvalue weighted by atomic mass is 16.5. The predicted molar refractivity (Wildman–Crippen MR) is 55.0 cm³/mol. The molecule has 0 aliphatic carbocycles. The number of rotatable bonds is 4. The summed E-state index contributed by atoms with van der Waals surface area (Å²) in [6.07, 6.45) is 0.362. The molecule has 1 rings (SSSR count). The van der Waals surface area contributed by atoms with Crippen molar-refractivity contribution in [2.75, 3.05) is 19.4 Å². The zero-order valence-corrected chi connectivity index (χ0v) is 8.12. The lowest BCUT2D eigenvalue weighted by molar-refractivity contribution is -0.121. The number of anilines is 1. The van der Waals surface area contributed by atoms with Crippen LogP contribution < -0.4 is 15.8 Å². The maximum Gasteiger partial charge on any atom is 0.223 e. The Hall–Kier alpha value is -1.71. The number of nitrogens with two attached hydrogens (primary N) is 1. The molecule has 0 saturated carbocycles. The van der Waals surface area contributed by atoms with E-state index in [0.29, 0.717) is 18.7 Å². The Labute approximate surface area is 83.1 Å². The molecule has 76 valence electrons. The molecule has 14 heavy (non-hydrogen) atoms. The lowest BCUT2D eigenvalue weighted by Gasteiger charge is -2.05. The normalized spacial score (nSPS) is 9.50. The predicted octanol–water partition coefficient (Wildman–Crippen LogP) is 0.784. The van der Waals surface area contributed by atoms with Gasteiger partial charge in [0.15, 0.2) is 0 Å². The second kappa shape index (κ2) is 5.11. The minimum Gasteiger partial charge on any atom is -0.493 e. The Morgan fingerprint density at radius 2 is 2.07 bits per heavy atom. The van der Waals surface area contributed by atoms with Crippen molar-refractivity contribution in [1.82, 2.24) is 5.32 Å². The molecule has 0 spiro atoms. The molecule has 1 aromatic rings. The number of carbonyl (C=O) groups is 1. The summed E-state index contributed by atoms with van der Waals surface area (Å²) in [7, 11) is 1.60. The second-order valence-electron chi connectivity index (χ2n) is 2.84. The highest BCUT2D eigenvalue weighted by molar-refractivity contribution is 5.75. The number of carbonyl (C=O) groups excluding carboxylic acids is 1. The zero-order chi connectivity index (χ0) is 10.4. The fourth-order valence-corrected chi connectivity index (χ4v) is 0.951. The molecule has 0 radical (unpaired) electrons. The van der Waals surface area contributed by atoms with E-state index in [4.69, 9.17) is 10.5 Å². The summed E-state index contributed by atoms with van der Waals surface area (Å²) in [4.78, 5) is 10.8. The third-order valence-corrected chi connectivity index (χ3v) is 1.76. The molecule has 4 nitrogen and oxygen atoms in total. The summed E-state index contributed by atoms with van der Waals surface area (Å²) >= 11 is 0. The van der Waals surface area contributed by atoms with Crippen molar-refractivity contribution in [2.24, 2.45) is 0 Å². The van der Waals surface area contributed by atoms with Crippen LogP contribution >= 0.6 is 0 Å². The van der Waals surface area contributed by atoms with Gasteiger partial charge in [0, 0.05) is 12.7 Å². The van der Waals surface area contributed by atoms with E-state index < -0.39 is 0 Å². The summed E-state index contributed by atoms with van der Waals surface area (Å²) in [6.45, 7) is 0.379. The molecule has 1 amide bonds. The number of amides is 1. The van der Waals surface area contributed by atoms with Crippen molar-refractivity contribution in [3.63, 3.8) is 0 Å². The first-order chi connectivity index (χ1) is 6.72. The average Bonchev–Trinajstić information content (AvgIpc) is 2.21. The first-order valence-electron chi connectivity index (χ1n) is 4.41. The summed E-state index contributed by atoms with van der Waals surface area (Å²) in [5.74, 6) is 0.698. The van der Waals surface area contributed by atoms with Crippen molar-refractivity contribution in [3.05, 3.63) is 24.3 Å². The van der Waals surface area contributed by atoms with Crippen LogP contribution in [-0.2, 0) is 4.79 Å². The van der Waals surface area contributed by atoms with E-state index in [0.717, 1.165) is 5.75 Å². The van der Waals surface area contributed by atoms with Crippen molar-refractivity contribution in [3.8, 4) is 5.75 Å². The maximum atomic E-state index is 10.8. The van der Waals surface area contributed by atoms with E-state index in [-0.39, 0.29) is 5.91 Å². The standard InChI is InChI=1S/C10H14N2O2/c1-12-10(13)6-7-14-9-4-2-8(11)3-5-9/h2-5H,6-7,11H2,1H3,(H,12,13). The van der Waals surface area contributed by atoms with Gasteiger partial charge >= 0.3 is 0 Å². The van der Waals surface area contributed by atoms with Gasteiger partial charge in [-0.25, -0.2) is 0 Å². The summed E-state index contributed by atoms with van der Waals surface area (Å²) in [6, 6.07) is 7.07. The van der Waals surface area contributed by atoms with E-state index in [1.165, 1.54) is 0 Å². The van der Waals surface area contributed by atoms with Crippen LogP contribution in [0.4, 0.5) is 5.69 Å². The summed E-state index contributed by atoms with van der Waals surface area (Å²) in [5, 5.41) is 2.52. The Kier molecular flexibility index (Phi) is 3.79. The van der Waals surface area contributed by atoms with Gasteiger partial charge in [0.05, 0.1) is 13.0 Å². The number of hydrogen-bond donors (Lipinski definition) is 2. The van der Waals surface area contributed by atoms with Crippen LogP contribution in [0.15, 0.2) is 24.3 Å². The molecule has 4 heteroatoms. The molecular formula is C10H14N2O2. The molecule has 0 aliphatic rings. The molecule has 0 atom stereocenters. The van der Waals surface area contributed by atoms with E-state index >= 15 is 0 Å². The molecular weight excluding hydrogens is 180 g/mol. The van der Waals surface area contributed by atoms with Crippen molar-refractivity contribution >= 4 is 11.6 Å². The fourth-order valence-electron chi connectivity index (χ4n) is 0.951. The van der Waals surface area contributed by atoms with Crippen molar-refractivity contribution < 1.29 is 9.53 Å². The Bertz CT molecular complexity index is 295. The van der Waals surface area contributed by atoms with Gasteiger partial charge in [-0.3, -0.25) is 4.79 Å². The number of nitrogen functional groups attached to an aromatic ring is 1. The molecule has 0 fully saturated rings. The monoisotopic (exact) mass is 194 g/mol. The van der Waals surface area contributed by atoms with Crippen LogP contribution in [0.3, 0.4) is 0 Å². The quantitative estimate of drug-likeness (QED) is 0.696. The number of hydrogen-bond acceptors (Lipinski definition) is 3. The van der Waals surface area contributed by atoms with Gasteiger partial charge in [0.1, 0.15) is 5.75 Å².